The Bertz CT molecular complexity index is 604. The van der Waals surface area contributed by atoms with Crippen molar-refractivity contribution in [3.8, 4) is 0 Å². The Morgan fingerprint density at radius 1 is 0.778 bits per heavy atom. The van der Waals surface area contributed by atoms with Crippen molar-refractivity contribution in [1.29, 1.82) is 0 Å². The molecule has 0 unspecified atom stereocenters. The van der Waals surface area contributed by atoms with Crippen LogP contribution in [0.25, 0.3) is 0 Å². The first-order valence-corrected chi connectivity index (χ1v) is 8.08. The molecule has 0 radical (unpaired) electrons. The molecule has 152 valence electrons. The lowest BCUT2D eigenvalue weighted by molar-refractivity contribution is -0.270. The summed E-state index contributed by atoms with van der Waals surface area (Å²) < 4.78 is 25.9. The van der Waals surface area contributed by atoms with Gasteiger partial charge in [0.05, 0.1) is 0 Å². The van der Waals surface area contributed by atoms with Gasteiger partial charge in [0.1, 0.15) is 18.8 Å². The minimum absolute atomic E-state index is 0.365. The highest BCUT2D eigenvalue weighted by atomic mass is 16.7. The van der Waals surface area contributed by atoms with Gasteiger partial charge in [-0.25, -0.2) is 0 Å². The van der Waals surface area contributed by atoms with Gasteiger partial charge in [0.2, 0.25) is 12.2 Å². The van der Waals surface area contributed by atoms with Crippen LogP contribution in [0.1, 0.15) is 34.6 Å². The summed E-state index contributed by atoms with van der Waals surface area (Å²) in [7, 11) is 0. The summed E-state index contributed by atoms with van der Waals surface area (Å²) in [6.07, 6.45) is -4.97. The smallest absolute Gasteiger partial charge is 0.305 e. The Labute approximate surface area is 155 Å². The fourth-order valence-electron chi connectivity index (χ4n) is 2.55. The van der Waals surface area contributed by atoms with Gasteiger partial charge in [-0.15, -0.1) is 0 Å². The molecule has 5 atom stereocenters. The van der Waals surface area contributed by atoms with Crippen molar-refractivity contribution in [2.75, 3.05) is 6.61 Å². The second-order valence-electron chi connectivity index (χ2n) is 5.83. The van der Waals surface area contributed by atoms with E-state index in [-0.39, 0.29) is 6.61 Å². The molecule has 1 fully saturated rings. The summed E-state index contributed by atoms with van der Waals surface area (Å²) in [5.41, 5.74) is 0. The summed E-state index contributed by atoms with van der Waals surface area (Å²) >= 11 is 0. The van der Waals surface area contributed by atoms with Crippen molar-refractivity contribution in [2.45, 2.75) is 65.3 Å². The maximum atomic E-state index is 11.6. The standard InChI is InChI=1S/C16H23NO10/c1-7(18)17-13-15(25-10(4)21)14(24-9(3)20)12(6-23-8(2)19)27-16(13)26-11(5)22/h12-16H,6H2,1-5H3,(H,17,18)/t12-,13+,14+,15-,16+/m0/s1. The summed E-state index contributed by atoms with van der Waals surface area (Å²) in [4.78, 5) is 57.2. The summed E-state index contributed by atoms with van der Waals surface area (Å²) in [5, 5.41) is 2.46. The molecule has 0 spiro atoms. The lowest BCUT2D eigenvalue weighted by atomic mass is 9.96. The fourth-order valence-corrected chi connectivity index (χ4v) is 2.55. The Morgan fingerprint density at radius 3 is 1.74 bits per heavy atom. The average molecular weight is 389 g/mol. The summed E-state index contributed by atoms with van der Waals surface area (Å²) in [6, 6.07) is -1.16. The molecule has 0 aromatic carbocycles. The third kappa shape index (κ3) is 7.21. The van der Waals surface area contributed by atoms with Crippen LogP contribution >= 0.6 is 0 Å². The van der Waals surface area contributed by atoms with Crippen molar-refractivity contribution in [2.24, 2.45) is 0 Å². The van der Waals surface area contributed by atoms with Crippen molar-refractivity contribution in [1.82, 2.24) is 5.32 Å². The predicted octanol–water partition coefficient (Wildman–Crippen LogP) is -0.794. The monoisotopic (exact) mass is 389 g/mol. The van der Waals surface area contributed by atoms with Crippen LogP contribution in [0.5, 0.6) is 0 Å². The highest BCUT2D eigenvalue weighted by Crippen LogP contribution is 2.28. The second-order valence-corrected chi connectivity index (χ2v) is 5.83. The molecule has 1 N–H and O–H groups in total. The molecule has 11 nitrogen and oxygen atoms in total. The third-order valence-corrected chi connectivity index (χ3v) is 3.35. The van der Waals surface area contributed by atoms with E-state index in [0.717, 1.165) is 27.7 Å². The zero-order chi connectivity index (χ0) is 20.7. The number of hydrogen-bond acceptors (Lipinski definition) is 10. The van der Waals surface area contributed by atoms with Gasteiger partial charge in [0.15, 0.2) is 12.2 Å². The van der Waals surface area contributed by atoms with Gasteiger partial charge in [0, 0.05) is 34.6 Å². The highest BCUT2D eigenvalue weighted by Gasteiger charge is 2.52. The summed E-state index contributed by atoms with van der Waals surface area (Å²) in [5.74, 6) is -3.34. The molecule has 11 heteroatoms. The molecule has 1 aliphatic heterocycles. The first-order valence-electron chi connectivity index (χ1n) is 8.08. The quantitative estimate of drug-likeness (QED) is 0.453. The molecule has 1 rings (SSSR count). The van der Waals surface area contributed by atoms with E-state index in [2.05, 4.69) is 5.32 Å². The van der Waals surface area contributed by atoms with E-state index in [1.807, 2.05) is 0 Å². The van der Waals surface area contributed by atoms with Crippen molar-refractivity contribution in [3.63, 3.8) is 0 Å². The Morgan fingerprint density at radius 2 is 1.30 bits per heavy atom. The van der Waals surface area contributed by atoms with E-state index < -0.39 is 60.4 Å². The van der Waals surface area contributed by atoms with Crippen LogP contribution in [0.4, 0.5) is 0 Å². The molecule has 27 heavy (non-hydrogen) atoms. The lowest BCUT2D eigenvalue weighted by Gasteiger charge is -2.44. The van der Waals surface area contributed by atoms with E-state index >= 15 is 0 Å². The third-order valence-electron chi connectivity index (χ3n) is 3.35. The minimum atomic E-state index is -1.37. The van der Waals surface area contributed by atoms with Crippen molar-refractivity contribution >= 4 is 29.8 Å². The predicted molar refractivity (Wildman–Crippen MR) is 85.8 cm³/mol. The van der Waals surface area contributed by atoms with E-state index in [1.54, 1.807) is 0 Å². The highest BCUT2D eigenvalue weighted by molar-refractivity contribution is 5.74. The average Bonchev–Trinajstić information content (AvgIpc) is 2.49. The first kappa shape index (κ1) is 22.4. The molecule has 0 aromatic rings. The van der Waals surface area contributed by atoms with Crippen LogP contribution in [0.2, 0.25) is 0 Å². The van der Waals surface area contributed by atoms with Gasteiger partial charge in [-0.1, -0.05) is 0 Å². The molecule has 1 heterocycles. The number of nitrogens with one attached hydrogen (secondary N) is 1. The van der Waals surface area contributed by atoms with Crippen LogP contribution in [0.3, 0.4) is 0 Å². The van der Waals surface area contributed by atoms with Crippen molar-refractivity contribution in [3.05, 3.63) is 0 Å². The lowest BCUT2D eigenvalue weighted by Crippen LogP contribution is -2.66. The number of carbonyl (C=O) groups is 5. The molecule has 0 aromatic heterocycles. The van der Waals surface area contributed by atoms with Crippen LogP contribution < -0.4 is 5.32 Å². The van der Waals surface area contributed by atoms with E-state index in [9.17, 15) is 24.0 Å². The van der Waals surface area contributed by atoms with E-state index in [1.165, 1.54) is 6.92 Å². The molecule has 1 aliphatic rings. The topological polar surface area (TPSA) is 144 Å². The molecule has 0 aliphatic carbocycles. The molecular formula is C16H23NO10. The Hall–Kier alpha value is -2.69. The van der Waals surface area contributed by atoms with Crippen LogP contribution in [0, 0.1) is 0 Å². The summed E-state index contributed by atoms with van der Waals surface area (Å²) in [6.45, 7) is 5.36. The Balaban J connectivity index is 3.29. The number of ether oxygens (including phenoxy) is 5. The molecule has 0 saturated carbocycles. The maximum Gasteiger partial charge on any atom is 0.305 e. The van der Waals surface area contributed by atoms with Crippen LogP contribution in [-0.2, 0) is 47.7 Å². The van der Waals surface area contributed by atoms with Crippen molar-refractivity contribution < 1.29 is 47.7 Å². The fraction of sp³-hybridized carbons (Fsp3) is 0.688. The zero-order valence-electron chi connectivity index (χ0n) is 15.7. The number of amides is 1. The van der Waals surface area contributed by atoms with Gasteiger partial charge in [-0.05, 0) is 0 Å². The van der Waals surface area contributed by atoms with Gasteiger partial charge < -0.3 is 29.0 Å². The van der Waals surface area contributed by atoms with E-state index in [4.69, 9.17) is 23.7 Å². The molecule has 0 bridgehead atoms. The largest absolute Gasteiger partial charge is 0.463 e. The second kappa shape index (κ2) is 9.86. The SMILES string of the molecule is CC(=O)N[C@H]1[C@H](OC(C)=O)O[C@@H](COC(C)=O)[C@@H](OC(C)=O)[C@H]1OC(C)=O. The Kier molecular flexibility index (Phi) is 8.16. The number of carbonyl (C=O) groups excluding carboxylic acids is 5. The van der Waals surface area contributed by atoms with Gasteiger partial charge in [-0.2, -0.15) is 0 Å². The molecular weight excluding hydrogens is 366 g/mol. The molecule has 1 saturated heterocycles. The van der Waals surface area contributed by atoms with Crippen LogP contribution in [-0.4, -0.2) is 67.0 Å². The van der Waals surface area contributed by atoms with Gasteiger partial charge in [-0.3, -0.25) is 24.0 Å². The van der Waals surface area contributed by atoms with Gasteiger partial charge >= 0.3 is 23.9 Å². The van der Waals surface area contributed by atoms with Crippen LogP contribution in [0.15, 0.2) is 0 Å². The number of rotatable bonds is 6. The number of esters is 4. The number of hydrogen-bond donors (Lipinski definition) is 1. The first-order chi connectivity index (χ1) is 12.5. The minimum Gasteiger partial charge on any atom is -0.463 e. The van der Waals surface area contributed by atoms with Gasteiger partial charge in [0.25, 0.3) is 0 Å². The molecule has 1 amide bonds. The van der Waals surface area contributed by atoms with E-state index in [0.29, 0.717) is 0 Å². The zero-order valence-corrected chi connectivity index (χ0v) is 15.7. The maximum absolute atomic E-state index is 11.6. The normalized spacial score (nSPS) is 27.1.